The number of hydrogen-bond acceptors (Lipinski definition) is 5. The maximum atomic E-state index is 11.9. The van der Waals surface area contributed by atoms with Gasteiger partial charge >= 0.3 is 0 Å². The number of nitrogens with one attached hydrogen (secondary N) is 3. The van der Waals surface area contributed by atoms with E-state index in [1.165, 1.54) is 5.56 Å². The largest absolute Gasteiger partial charge is 0.444 e. The molecular formula is C23H35IN6O2. The molecule has 1 saturated heterocycles. The molecule has 0 spiro atoms. The second-order valence-corrected chi connectivity index (χ2v) is 7.98. The molecule has 0 aliphatic carbocycles. The Balaban J connectivity index is 0.00000363. The highest BCUT2D eigenvalue weighted by Crippen LogP contribution is 2.19. The lowest BCUT2D eigenvalue weighted by molar-refractivity contribution is -0.122. The van der Waals surface area contributed by atoms with E-state index in [1.807, 2.05) is 24.3 Å². The number of rotatable bonds is 8. The third kappa shape index (κ3) is 8.09. The third-order valence-corrected chi connectivity index (χ3v) is 5.38. The summed E-state index contributed by atoms with van der Waals surface area (Å²) in [7, 11) is 1.77. The minimum atomic E-state index is 0. The molecule has 0 radical (unpaired) electrons. The maximum absolute atomic E-state index is 11.9. The summed E-state index contributed by atoms with van der Waals surface area (Å²) in [6.07, 6.45) is 4.59. The molecule has 2 aromatic rings. The highest BCUT2D eigenvalue weighted by Gasteiger charge is 2.21. The summed E-state index contributed by atoms with van der Waals surface area (Å²) in [6.45, 7) is 7.68. The topological polar surface area (TPSA) is 94.8 Å². The summed E-state index contributed by atoms with van der Waals surface area (Å²) in [5.41, 5.74) is 3.00. The molecule has 176 valence electrons. The number of hydrogen-bond donors (Lipinski definition) is 3. The fourth-order valence-corrected chi connectivity index (χ4v) is 3.54. The molecule has 32 heavy (non-hydrogen) atoms. The zero-order valence-corrected chi connectivity index (χ0v) is 21.5. The highest BCUT2D eigenvalue weighted by molar-refractivity contribution is 14.0. The van der Waals surface area contributed by atoms with Gasteiger partial charge in [0.1, 0.15) is 6.26 Å². The normalized spacial score (nSPS) is 15.2. The number of aromatic nitrogens is 1. The molecule has 8 nitrogen and oxygen atoms in total. The highest BCUT2D eigenvalue weighted by atomic mass is 127. The van der Waals surface area contributed by atoms with Gasteiger partial charge in [-0.15, -0.1) is 24.0 Å². The first kappa shape index (κ1) is 26.1. The number of aliphatic imine (C=N–C) groups is 1. The Morgan fingerprint density at radius 1 is 1.22 bits per heavy atom. The lowest BCUT2D eigenvalue weighted by atomic mass is 10.1. The van der Waals surface area contributed by atoms with E-state index in [0.717, 1.165) is 56.1 Å². The standard InChI is InChI=1S/C23H34N6O2.HI/c1-4-11-25-21(30)15-29-12-9-19(10-13-29)28-23(24-3)26-14-20-16-31-22(27-20)18-7-5-17(2)6-8-18;/h5-8,16,19H,4,9-15H2,1-3H3,(H,25,30)(H2,24,26,28);1H. The molecule has 1 fully saturated rings. The lowest BCUT2D eigenvalue weighted by Gasteiger charge is -2.32. The number of carbonyl (C=O) groups excluding carboxylic acids is 1. The van der Waals surface area contributed by atoms with E-state index in [9.17, 15) is 4.79 Å². The van der Waals surface area contributed by atoms with Crippen LogP contribution in [0.25, 0.3) is 11.5 Å². The zero-order valence-electron chi connectivity index (χ0n) is 19.2. The van der Waals surface area contributed by atoms with Gasteiger partial charge in [0.15, 0.2) is 5.96 Å². The Bertz CT molecular complexity index is 860. The van der Waals surface area contributed by atoms with Crippen molar-refractivity contribution in [2.24, 2.45) is 4.99 Å². The molecule has 0 unspecified atom stereocenters. The van der Waals surface area contributed by atoms with Gasteiger partial charge in [0.25, 0.3) is 0 Å². The van der Waals surface area contributed by atoms with E-state index in [4.69, 9.17) is 4.42 Å². The second-order valence-electron chi connectivity index (χ2n) is 7.98. The number of halogens is 1. The van der Waals surface area contributed by atoms with Gasteiger partial charge in [0, 0.05) is 38.3 Å². The van der Waals surface area contributed by atoms with Crippen molar-refractivity contribution in [1.82, 2.24) is 25.8 Å². The summed E-state index contributed by atoms with van der Waals surface area (Å²) in [5.74, 6) is 1.48. The van der Waals surface area contributed by atoms with Crippen LogP contribution in [0.15, 0.2) is 39.9 Å². The average molecular weight is 554 g/mol. The number of guanidine groups is 1. The van der Waals surface area contributed by atoms with Crippen LogP contribution >= 0.6 is 24.0 Å². The van der Waals surface area contributed by atoms with Gasteiger partial charge in [0.2, 0.25) is 11.8 Å². The summed E-state index contributed by atoms with van der Waals surface area (Å²) in [5, 5.41) is 9.73. The van der Waals surface area contributed by atoms with E-state index in [-0.39, 0.29) is 29.9 Å². The van der Waals surface area contributed by atoms with Crippen LogP contribution in [-0.2, 0) is 11.3 Å². The molecule has 0 saturated carbocycles. The van der Waals surface area contributed by atoms with Gasteiger partial charge in [-0.05, 0) is 38.3 Å². The molecule has 3 N–H and O–H groups in total. The van der Waals surface area contributed by atoms with E-state index < -0.39 is 0 Å². The molecule has 3 rings (SSSR count). The molecule has 0 bridgehead atoms. The van der Waals surface area contributed by atoms with Crippen LogP contribution in [0.1, 0.15) is 37.4 Å². The quantitative estimate of drug-likeness (QED) is 0.264. The Morgan fingerprint density at radius 3 is 2.59 bits per heavy atom. The van der Waals surface area contributed by atoms with Crippen molar-refractivity contribution in [3.63, 3.8) is 0 Å². The van der Waals surface area contributed by atoms with Crippen molar-refractivity contribution in [2.75, 3.05) is 33.2 Å². The molecule has 1 aliphatic heterocycles. The first-order valence-electron chi connectivity index (χ1n) is 11.0. The van der Waals surface area contributed by atoms with Crippen LogP contribution in [0, 0.1) is 6.92 Å². The molecule has 9 heteroatoms. The first-order valence-corrected chi connectivity index (χ1v) is 11.0. The molecule has 1 amide bonds. The zero-order chi connectivity index (χ0) is 22.1. The summed E-state index contributed by atoms with van der Waals surface area (Å²) >= 11 is 0. The van der Waals surface area contributed by atoms with Gasteiger partial charge < -0.3 is 20.4 Å². The van der Waals surface area contributed by atoms with Gasteiger partial charge in [-0.25, -0.2) is 4.98 Å². The number of piperidine rings is 1. The summed E-state index contributed by atoms with van der Waals surface area (Å²) in [6, 6.07) is 8.46. The van der Waals surface area contributed by atoms with Crippen molar-refractivity contribution >= 4 is 35.8 Å². The Morgan fingerprint density at radius 2 is 1.94 bits per heavy atom. The smallest absolute Gasteiger partial charge is 0.234 e. The fraction of sp³-hybridized carbons (Fsp3) is 0.522. The van der Waals surface area contributed by atoms with Crippen LogP contribution in [0.2, 0.25) is 0 Å². The van der Waals surface area contributed by atoms with E-state index in [2.05, 4.69) is 44.7 Å². The van der Waals surface area contributed by atoms with Crippen molar-refractivity contribution in [2.45, 2.75) is 45.7 Å². The van der Waals surface area contributed by atoms with Crippen LogP contribution < -0.4 is 16.0 Å². The number of aryl methyl sites for hydroxylation is 1. The van der Waals surface area contributed by atoms with Crippen molar-refractivity contribution < 1.29 is 9.21 Å². The van der Waals surface area contributed by atoms with Crippen LogP contribution in [-0.4, -0.2) is 61.0 Å². The van der Waals surface area contributed by atoms with Crippen LogP contribution in [0.5, 0.6) is 0 Å². The molecule has 1 aromatic carbocycles. The Kier molecular flexibility index (Phi) is 10.9. The van der Waals surface area contributed by atoms with Crippen molar-refractivity contribution in [1.29, 1.82) is 0 Å². The lowest BCUT2D eigenvalue weighted by Crippen LogP contribution is -2.50. The number of oxazole rings is 1. The van der Waals surface area contributed by atoms with Crippen molar-refractivity contribution in [3.05, 3.63) is 41.8 Å². The van der Waals surface area contributed by atoms with Gasteiger partial charge in [-0.3, -0.25) is 14.7 Å². The second kappa shape index (κ2) is 13.4. The SMILES string of the molecule is CCCNC(=O)CN1CCC(NC(=NC)NCc2coc(-c3ccc(C)cc3)n2)CC1.I. The van der Waals surface area contributed by atoms with Crippen LogP contribution in [0.4, 0.5) is 0 Å². The monoisotopic (exact) mass is 554 g/mol. The average Bonchev–Trinajstić information content (AvgIpc) is 3.26. The van der Waals surface area contributed by atoms with Gasteiger partial charge in [0.05, 0.1) is 18.8 Å². The summed E-state index contributed by atoms with van der Waals surface area (Å²) in [4.78, 5) is 23.0. The predicted molar refractivity (Wildman–Crippen MR) is 138 cm³/mol. The first-order chi connectivity index (χ1) is 15.1. The molecule has 0 atom stereocenters. The van der Waals surface area contributed by atoms with E-state index in [1.54, 1.807) is 13.3 Å². The molecule has 2 heterocycles. The Labute approximate surface area is 207 Å². The predicted octanol–water partition coefficient (Wildman–Crippen LogP) is 2.92. The molecule has 1 aromatic heterocycles. The minimum Gasteiger partial charge on any atom is -0.444 e. The summed E-state index contributed by atoms with van der Waals surface area (Å²) < 4.78 is 5.62. The number of benzene rings is 1. The number of likely N-dealkylation sites (tertiary alicyclic amines) is 1. The number of amides is 1. The van der Waals surface area contributed by atoms with E-state index >= 15 is 0 Å². The number of nitrogens with zero attached hydrogens (tertiary/aromatic N) is 3. The molecular weight excluding hydrogens is 519 g/mol. The van der Waals surface area contributed by atoms with Crippen LogP contribution in [0.3, 0.4) is 0 Å². The fourth-order valence-electron chi connectivity index (χ4n) is 3.54. The van der Waals surface area contributed by atoms with Crippen molar-refractivity contribution in [3.8, 4) is 11.5 Å². The van der Waals surface area contributed by atoms with Gasteiger partial charge in [-0.1, -0.05) is 24.6 Å². The van der Waals surface area contributed by atoms with Gasteiger partial charge in [-0.2, -0.15) is 0 Å². The molecule has 1 aliphatic rings. The Hall–Kier alpha value is -2.14. The number of carbonyl (C=O) groups is 1. The maximum Gasteiger partial charge on any atom is 0.234 e. The third-order valence-electron chi connectivity index (χ3n) is 5.38. The minimum absolute atomic E-state index is 0. The van der Waals surface area contributed by atoms with E-state index in [0.29, 0.717) is 25.0 Å².